The lowest BCUT2D eigenvalue weighted by molar-refractivity contribution is -0.115. The summed E-state index contributed by atoms with van der Waals surface area (Å²) in [6.07, 6.45) is 0.986. The molecule has 2 aromatic rings. The van der Waals surface area contributed by atoms with Crippen molar-refractivity contribution in [2.24, 2.45) is 0 Å². The highest BCUT2D eigenvalue weighted by molar-refractivity contribution is 7.92. The maximum Gasteiger partial charge on any atom is 0.245 e. The van der Waals surface area contributed by atoms with Crippen LogP contribution in [0.4, 0.5) is 17.1 Å². The van der Waals surface area contributed by atoms with E-state index in [0.717, 1.165) is 10.6 Å². The van der Waals surface area contributed by atoms with E-state index in [1.807, 2.05) is 0 Å². The molecule has 27 heavy (non-hydrogen) atoms. The molecule has 2 aromatic carbocycles. The quantitative estimate of drug-likeness (QED) is 0.735. The zero-order valence-electron chi connectivity index (χ0n) is 14.5. The molecule has 0 spiro atoms. The highest BCUT2D eigenvalue weighted by Gasteiger charge is 2.21. The lowest BCUT2D eigenvalue weighted by Gasteiger charge is -2.22. The van der Waals surface area contributed by atoms with Crippen LogP contribution in [0.25, 0.3) is 0 Å². The van der Waals surface area contributed by atoms with Gasteiger partial charge < -0.3 is 10.6 Å². The fourth-order valence-corrected chi connectivity index (χ4v) is 3.39. The number of hydrogen-bond acceptors (Lipinski definition) is 4. The SMILES string of the molecule is CC(=O)Nc1cccc(NC(=O)CN(c2ccc(Cl)c(Cl)c2)S(C)(=O)=O)c1. The second-order valence-corrected chi connectivity index (χ2v) is 8.40. The third-order valence-electron chi connectivity index (χ3n) is 3.35. The first kappa shape index (κ1) is 21.0. The van der Waals surface area contributed by atoms with Crippen molar-refractivity contribution in [3.05, 3.63) is 52.5 Å². The van der Waals surface area contributed by atoms with Crippen molar-refractivity contribution >= 4 is 62.1 Å². The van der Waals surface area contributed by atoms with E-state index >= 15 is 0 Å². The van der Waals surface area contributed by atoms with Crippen molar-refractivity contribution in [2.45, 2.75) is 6.92 Å². The summed E-state index contributed by atoms with van der Waals surface area (Å²) in [5, 5.41) is 5.64. The van der Waals surface area contributed by atoms with Crippen LogP contribution in [0.2, 0.25) is 10.0 Å². The fourth-order valence-electron chi connectivity index (χ4n) is 2.25. The van der Waals surface area contributed by atoms with E-state index in [-0.39, 0.29) is 21.6 Å². The molecular weight excluding hydrogens is 413 g/mol. The normalized spacial score (nSPS) is 11.0. The molecular formula is C17H17Cl2N3O4S. The van der Waals surface area contributed by atoms with Gasteiger partial charge in [-0.05, 0) is 36.4 Å². The van der Waals surface area contributed by atoms with E-state index in [9.17, 15) is 18.0 Å². The third kappa shape index (κ3) is 6.13. The maximum absolute atomic E-state index is 12.4. The van der Waals surface area contributed by atoms with Gasteiger partial charge in [0.2, 0.25) is 21.8 Å². The third-order valence-corrected chi connectivity index (χ3v) is 5.23. The standard InChI is InChI=1S/C17H17Cl2N3O4S/c1-11(23)20-12-4-3-5-13(8-12)21-17(24)10-22(27(2,25)26)14-6-7-15(18)16(19)9-14/h3-9H,10H2,1-2H3,(H,20,23)(H,21,24). The van der Waals surface area contributed by atoms with E-state index in [4.69, 9.17) is 23.2 Å². The predicted molar refractivity (Wildman–Crippen MR) is 108 cm³/mol. The molecule has 0 saturated carbocycles. The lowest BCUT2D eigenvalue weighted by atomic mass is 10.2. The van der Waals surface area contributed by atoms with Crippen molar-refractivity contribution in [1.29, 1.82) is 0 Å². The second kappa shape index (κ2) is 8.60. The van der Waals surface area contributed by atoms with Gasteiger partial charge in [-0.3, -0.25) is 13.9 Å². The number of halogens is 2. The average Bonchev–Trinajstić information content (AvgIpc) is 2.54. The number of sulfonamides is 1. The van der Waals surface area contributed by atoms with Gasteiger partial charge in [0.25, 0.3) is 0 Å². The van der Waals surface area contributed by atoms with Gasteiger partial charge in [0, 0.05) is 18.3 Å². The molecule has 0 aliphatic rings. The molecule has 144 valence electrons. The summed E-state index contributed by atoms with van der Waals surface area (Å²) in [4.78, 5) is 23.5. The predicted octanol–water partition coefficient (Wildman–Crippen LogP) is 3.36. The Kier molecular flexibility index (Phi) is 6.69. The number of amides is 2. The van der Waals surface area contributed by atoms with Crippen molar-refractivity contribution < 1.29 is 18.0 Å². The number of nitrogens with one attached hydrogen (secondary N) is 2. The van der Waals surface area contributed by atoms with Crippen LogP contribution >= 0.6 is 23.2 Å². The zero-order chi connectivity index (χ0) is 20.2. The second-order valence-electron chi connectivity index (χ2n) is 5.68. The number of carbonyl (C=O) groups excluding carboxylic acids is 2. The summed E-state index contributed by atoms with van der Waals surface area (Å²) < 4.78 is 25.1. The topological polar surface area (TPSA) is 95.6 Å². The molecule has 0 aromatic heterocycles. The smallest absolute Gasteiger partial charge is 0.245 e. The first-order valence-electron chi connectivity index (χ1n) is 7.66. The van der Waals surface area contributed by atoms with Gasteiger partial charge in [-0.1, -0.05) is 29.3 Å². The van der Waals surface area contributed by atoms with Crippen LogP contribution < -0.4 is 14.9 Å². The molecule has 0 aliphatic carbocycles. The highest BCUT2D eigenvalue weighted by Crippen LogP contribution is 2.28. The van der Waals surface area contributed by atoms with Gasteiger partial charge in [-0.15, -0.1) is 0 Å². The van der Waals surface area contributed by atoms with E-state index in [0.29, 0.717) is 11.4 Å². The molecule has 10 heteroatoms. The van der Waals surface area contributed by atoms with E-state index < -0.39 is 22.5 Å². The number of nitrogens with zero attached hydrogens (tertiary/aromatic N) is 1. The molecule has 0 aliphatic heterocycles. The number of anilines is 3. The summed E-state index contributed by atoms with van der Waals surface area (Å²) in [7, 11) is -3.75. The summed E-state index contributed by atoms with van der Waals surface area (Å²) in [5.41, 5.74) is 1.13. The molecule has 0 radical (unpaired) electrons. The van der Waals surface area contributed by atoms with Gasteiger partial charge in [0.05, 0.1) is 22.0 Å². The minimum atomic E-state index is -3.75. The van der Waals surface area contributed by atoms with E-state index in [1.54, 1.807) is 24.3 Å². The van der Waals surface area contributed by atoms with Crippen LogP contribution in [0.1, 0.15) is 6.92 Å². The Morgan fingerprint density at radius 1 is 1.00 bits per heavy atom. The molecule has 0 saturated heterocycles. The van der Waals surface area contributed by atoms with Gasteiger partial charge >= 0.3 is 0 Å². The van der Waals surface area contributed by atoms with Crippen LogP contribution in [-0.4, -0.2) is 33.0 Å². The number of carbonyl (C=O) groups is 2. The van der Waals surface area contributed by atoms with Crippen molar-refractivity contribution in [2.75, 3.05) is 27.7 Å². The van der Waals surface area contributed by atoms with E-state index in [2.05, 4.69) is 10.6 Å². The minimum Gasteiger partial charge on any atom is -0.326 e. The van der Waals surface area contributed by atoms with Crippen molar-refractivity contribution in [1.82, 2.24) is 0 Å². The first-order valence-corrected chi connectivity index (χ1v) is 10.3. The fraction of sp³-hybridized carbons (Fsp3) is 0.176. The first-order chi connectivity index (χ1) is 12.6. The highest BCUT2D eigenvalue weighted by atomic mass is 35.5. The van der Waals surface area contributed by atoms with Crippen LogP contribution in [0.3, 0.4) is 0 Å². The minimum absolute atomic E-state index is 0.172. The van der Waals surface area contributed by atoms with E-state index in [1.165, 1.54) is 25.1 Å². The molecule has 2 N–H and O–H groups in total. The summed E-state index contributed by atoms with van der Waals surface area (Å²) in [5.74, 6) is -0.812. The Labute approximate surface area is 167 Å². The monoisotopic (exact) mass is 429 g/mol. The van der Waals surface area contributed by atoms with Gasteiger partial charge in [-0.25, -0.2) is 8.42 Å². The molecule has 2 amide bonds. The maximum atomic E-state index is 12.4. The van der Waals surface area contributed by atoms with Crippen molar-refractivity contribution in [3.63, 3.8) is 0 Å². The van der Waals surface area contributed by atoms with Crippen LogP contribution in [0.5, 0.6) is 0 Å². The zero-order valence-corrected chi connectivity index (χ0v) is 16.8. The van der Waals surface area contributed by atoms with Crippen molar-refractivity contribution in [3.8, 4) is 0 Å². The number of rotatable bonds is 6. The summed E-state index contributed by atoms with van der Waals surface area (Å²) >= 11 is 11.8. The Morgan fingerprint density at radius 3 is 2.19 bits per heavy atom. The van der Waals surface area contributed by atoms with Gasteiger partial charge in [-0.2, -0.15) is 0 Å². The number of hydrogen-bond donors (Lipinski definition) is 2. The molecule has 0 unspecified atom stereocenters. The Balaban J connectivity index is 2.19. The van der Waals surface area contributed by atoms with Crippen LogP contribution in [0, 0.1) is 0 Å². The Bertz CT molecular complexity index is 980. The molecule has 7 nitrogen and oxygen atoms in total. The largest absolute Gasteiger partial charge is 0.326 e. The van der Waals surface area contributed by atoms with Crippen LogP contribution in [-0.2, 0) is 19.6 Å². The molecule has 0 heterocycles. The van der Waals surface area contributed by atoms with Gasteiger partial charge in [0.15, 0.2) is 0 Å². The Morgan fingerprint density at radius 2 is 1.63 bits per heavy atom. The lowest BCUT2D eigenvalue weighted by Crippen LogP contribution is -2.37. The van der Waals surface area contributed by atoms with Crippen LogP contribution in [0.15, 0.2) is 42.5 Å². The van der Waals surface area contributed by atoms with Gasteiger partial charge in [0.1, 0.15) is 6.54 Å². The summed E-state index contributed by atoms with van der Waals surface area (Å²) in [6.45, 7) is 0.910. The molecule has 0 bridgehead atoms. The molecule has 0 fully saturated rings. The average molecular weight is 430 g/mol. The Hall–Kier alpha value is -2.29. The summed E-state index contributed by atoms with van der Waals surface area (Å²) in [6, 6.07) is 10.8. The number of benzene rings is 2. The molecule has 0 atom stereocenters. The molecule has 2 rings (SSSR count).